The zero-order valence-corrected chi connectivity index (χ0v) is 13.5. The van der Waals surface area contributed by atoms with Crippen LogP contribution < -0.4 is 5.32 Å². The molecule has 5 rings (SSSR count). The Labute approximate surface area is 125 Å². The topological polar surface area (TPSA) is 12.0 Å². The zero-order chi connectivity index (χ0) is 13.7. The molecule has 0 atom stereocenters. The van der Waals surface area contributed by atoms with Crippen LogP contribution in [0, 0.1) is 40.9 Å². The summed E-state index contributed by atoms with van der Waals surface area (Å²) in [6.45, 7) is 7.70. The number of hydrogen-bond acceptors (Lipinski definition) is 1. The fourth-order valence-corrected chi connectivity index (χ4v) is 6.75. The van der Waals surface area contributed by atoms with Crippen LogP contribution in [0.4, 0.5) is 0 Å². The smallest absolute Gasteiger partial charge is 0.00461 e. The van der Waals surface area contributed by atoms with E-state index in [0.29, 0.717) is 5.41 Å². The van der Waals surface area contributed by atoms with E-state index in [1.165, 1.54) is 32.4 Å². The lowest BCUT2D eigenvalue weighted by Crippen LogP contribution is -2.47. The molecule has 20 heavy (non-hydrogen) atoms. The van der Waals surface area contributed by atoms with Gasteiger partial charge in [-0.3, -0.25) is 0 Å². The predicted octanol–water partition coefficient (Wildman–Crippen LogP) is 4.47. The molecule has 1 saturated heterocycles. The van der Waals surface area contributed by atoms with Gasteiger partial charge in [-0.05, 0) is 105 Å². The lowest BCUT2D eigenvalue weighted by Gasteiger charge is -2.56. The average molecular weight is 275 g/mol. The van der Waals surface area contributed by atoms with Gasteiger partial charge in [-0.15, -0.1) is 0 Å². The van der Waals surface area contributed by atoms with Crippen molar-refractivity contribution in [1.29, 1.82) is 0 Å². The third-order valence-electron chi connectivity index (χ3n) is 7.63. The predicted molar refractivity (Wildman–Crippen MR) is 84.5 cm³/mol. The summed E-state index contributed by atoms with van der Waals surface area (Å²) >= 11 is 0. The highest BCUT2D eigenvalue weighted by Crippen LogP contribution is 2.59. The SMILES string of the molecule is CC(C)(CC1C2CC3CC(C2)CC1C3)C1CCNCC1. The normalized spacial score (nSPS) is 45.0. The van der Waals surface area contributed by atoms with Crippen LogP contribution in [0.3, 0.4) is 0 Å². The zero-order valence-electron chi connectivity index (χ0n) is 13.5. The molecule has 4 aliphatic carbocycles. The molecule has 114 valence electrons. The Morgan fingerprint density at radius 2 is 1.40 bits per heavy atom. The first-order valence-corrected chi connectivity index (χ1v) is 9.32. The van der Waals surface area contributed by atoms with Gasteiger partial charge in [0.15, 0.2) is 0 Å². The van der Waals surface area contributed by atoms with Crippen molar-refractivity contribution in [2.75, 3.05) is 13.1 Å². The van der Waals surface area contributed by atoms with Crippen LogP contribution in [0.2, 0.25) is 0 Å². The van der Waals surface area contributed by atoms with Gasteiger partial charge in [-0.2, -0.15) is 0 Å². The van der Waals surface area contributed by atoms with Gasteiger partial charge in [0.25, 0.3) is 0 Å². The summed E-state index contributed by atoms with van der Waals surface area (Å²) in [7, 11) is 0. The summed E-state index contributed by atoms with van der Waals surface area (Å²) in [5, 5.41) is 3.54. The Bertz CT molecular complexity index is 325. The minimum absolute atomic E-state index is 0.585. The highest BCUT2D eigenvalue weighted by Gasteiger charge is 2.49. The number of hydrogen-bond donors (Lipinski definition) is 1. The van der Waals surface area contributed by atoms with Gasteiger partial charge in [0.1, 0.15) is 0 Å². The van der Waals surface area contributed by atoms with Crippen LogP contribution in [-0.4, -0.2) is 13.1 Å². The first-order chi connectivity index (χ1) is 9.62. The molecule has 4 saturated carbocycles. The molecule has 1 aliphatic heterocycles. The molecule has 0 amide bonds. The summed E-state index contributed by atoms with van der Waals surface area (Å²) in [6, 6.07) is 0. The molecule has 0 radical (unpaired) electrons. The lowest BCUT2D eigenvalue weighted by atomic mass is 9.49. The summed E-state index contributed by atoms with van der Waals surface area (Å²) in [4.78, 5) is 0. The van der Waals surface area contributed by atoms with E-state index in [4.69, 9.17) is 0 Å². The molecular weight excluding hydrogens is 242 g/mol. The van der Waals surface area contributed by atoms with Crippen LogP contribution in [-0.2, 0) is 0 Å². The first-order valence-electron chi connectivity index (χ1n) is 9.32. The molecule has 1 N–H and O–H groups in total. The maximum Gasteiger partial charge on any atom is -0.00461 e. The van der Waals surface area contributed by atoms with Gasteiger partial charge < -0.3 is 5.32 Å². The summed E-state index contributed by atoms with van der Waals surface area (Å²) < 4.78 is 0. The third kappa shape index (κ3) is 2.34. The molecule has 1 heterocycles. The quantitative estimate of drug-likeness (QED) is 0.801. The van der Waals surface area contributed by atoms with E-state index in [1.807, 2.05) is 0 Å². The van der Waals surface area contributed by atoms with E-state index in [0.717, 1.165) is 35.5 Å². The van der Waals surface area contributed by atoms with Crippen molar-refractivity contribution < 1.29 is 0 Å². The van der Waals surface area contributed by atoms with Crippen molar-refractivity contribution >= 4 is 0 Å². The maximum atomic E-state index is 3.54. The molecule has 0 spiro atoms. The standard InChI is InChI=1S/C19H33N/c1-19(2,17-3-5-20-6-4-17)12-18-15-8-13-7-14(10-15)11-16(18)9-13/h13-18,20H,3-12H2,1-2H3. The Kier molecular flexibility index (Phi) is 3.41. The van der Waals surface area contributed by atoms with E-state index >= 15 is 0 Å². The minimum atomic E-state index is 0.585. The van der Waals surface area contributed by atoms with Crippen LogP contribution in [0.1, 0.15) is 65.2 Å². The molecule has 1 heteroatoms. The second-order valence-corrected chi connectivity index (χ2v) is 9.31. The second kappa shape index (κ2) is 5.00. The lowest BCUT2D eigenvalue weighted by molar-refractivity contribution is -0.0605. The molecule has 0 aromatic heterocycles. The molecule has 0 aromatic carbocycles. The van der Waals surface area contributed by atoms with Crippen LogP contribution in [0.5, 0.6) is 0 Å². The van der Waals surface area contributed by atoms with Crippen molar-refractivity contribution in [2.45, 2.75) is 65.2 Å². The van der Waals surface area contributed by atoms with E-state index < -0.39 is 0 Å². The van der Waals surface area contributed by atoms with Gasteiger partial charge >= 0.3 is 0 Å². The van der Waals surface area contributed by atoms with E-state index in [2.05, 4.69) is 19.2 Å². The maximum absolute atomic E-state index is 3.54. The monoisotopic (exact) mass is 275 g/mol. The van der Waals surface area contributed by atoms with E-state index in [-0.39, 0.29) is 0 Å². The van der Waals surface area contributed by atoms with Gasteiger partial charge in [0, 0.05) is 0 Å². The number of nitrogens with one attached hydrogen (secondary N) is 1. The Morgan fingerprint density at radius 1 is 0.850 bits per heavy atom. The number of rotatable bonds is 3. The van der Waals surface area contributed by atoms with Gasteiger partial charge in [0.2, 0.25) is 0 Å². The summed E-state index contributed by atoms with van der Waals surface area (Å²) in [5.74, 6) is 6.57. The molecule has 5 aliphatic rings. The second-order valence-electron chi connectivity index (χ2n) is 9.31. The molecule has 0 aromatic rings. The highest BCUT2D eigenvalue weighted by molar-refractivity contribution is 5.00. The Balaban J connectivity index is 1.45. The molecule has 1 nitrogen and oxygen atoms in total. The molecule has 5 fully saturated rings. The largest absolute Gasteiger partial charge is 0.317 e. The van der Waals surface area contributed by atoms with Crippen LogP contribution in [0.25, 0.3) is 0 Å². The van der Waals surface area contributed by atoms with Crippen molar-refractivity contribution in [3.8, 4) is 0 Å². The van der Waals surface area contributed by atoms with Crippen molar-refractivity contribution in [2.24, 2.45) is 40.9 Å². The highest BCUT2D eigenvalue weighted by atomic mass is 14.9. The third-order valence-corrected chi connectivity index (χ3v) is 7.63. The molecular formula is C19H33N. The summed E-state index contributed by atoms with van der Waals surface area (Å²) in [6.07, 6.45) is 12.4. The molecule has 4 bridgehead atoms. The average Bonchev–Trinajstić information content (AvgIpc) is 2.43. The van der Waals surface area contributed by atoms with Gasteiger partial charge in [-0.1, -0.05) is 13.8 Å². The van der Waals surface area contributed by atoms with E-state index in [9.17, 15) is 0 Å². The first kappa shape index (κ1) is 13.6. The van der Waals surface area contributed by atoms with Crippen LogP contribution in [0.15, 0.2) is 0 Å². The van der Waals surface area contributed by atoms with Crippen molar-refractivity contribution in [3.05, 3.63) is 0 Å². The Hall–Kier alpha value is -0.0400. The number of piperidine rings is 1. The van der Waals surface area contributed by atoms with Crippen molar-refractivity contribution in [3.63, 3.8) is 0 Å². The van der Waals surface area contributed by atoms with Crippen LogP contribution >= 0.6 is 0 Å². The van der Waals surface area contributed by atoms with Crippen molar-refractivity contribution in [1.82, 2.24) is 5.32 Å². The van der Waals surface area contributed by atoms with Gasteiger partial charge in [-0.25, -0.2) is 0 Å². The van der Waals surface area contributed by atoms with E-state index in [1.54, 1.807) is 32.1 Å². The summed E-state index contributed by atoms with van der Waals surface area (Å²) in [5.41, 5.74) is 0.585. The minimum Gasteiger partial charge on any atom is -0.317 e. The van der Waals surface area contributed by atoms with Gasteiger partial charge in [0.05, 0.1) is 0 Å². The fourth-order valence-electron chi connectivity index (χ4n) is 6.75. The Morgan fingerprint density at radius 3 is 1.95 bits per heavy atom. The fraction of sp³-hybridized carbons (Fsp3) is 1.00. The molecule has 0 unspecified atom stereocenters.